The van der Waals surface area contributed by atoms with Crippen molar-refractivity contribution >= 4 is 5.96 Å². The SMILES string of the molecule is CN=C(NCc1ccc(CN2CCCCCC2)cc1)NCC(CO)c1ccccc1. The van der Waals surface area contributed by atoms with Crippen molar-refractivity contribution < 1.29 is 5.11 Å². The van der Waals surface area contributed by atoms with Gasteiger partial charge in [-0.15, -0.1) is 0 Å². The summed E-state index contributed by atoms with van der Waals surface area (Å²) in [5, 5.41) is 16.4. The highest BCUT2D eigenvalue weighted by Crippen LogP contribution is 2.15. The van der Waals surface area contributed by atoms with E-state index in [1.165, 1.54) is 49.9 Å². The number of hydrogen-bond acceptors (Lipinski definition) is 3. The average molecular weight is 409 g/mol. The summed E-state index contributed by atoms with van der Waals surface area (Å²) in [4.78, 5) is 6.89. The predicted molar refractivity (Wildman–Crippen MR) is 125 cm³/mol. The summed E-state index contributed by atoms with van der Waals surface area (Å²) >= 11 is 0. The Labute approximate surface area is 181 Å². The van der Waals surface area contributed by atoms with E-state index in [1.54, 1.807) is 7.05 Å². The molecule has 1 saturated heterocycles. The maximum absolute atomic E-state index is 9.73. The largest absolute Gasteiger partial charge is 0.396 e. The summed E-state index contributed by atoms with van der Waals surface area (Å²) in [6, 6.07) is 19.0. The van der Waals surface area contributed by atoms with Crippen LogP contribution in [0.2, 0.25) is 0 Å². The number of nitrogens with one attached hydrogen (secondary N) is 2. The minimum atomic E-state index is 0.0445. The minimum absolute atomic E-state index is 0.0445. The minimum Gasteiger partial charge on any atom is -0.396 e. The van der Waals surface area contributed by atoms with Gasteiger partial charge in [-0.1, -0.05) is 67.4 Å². The van der Waals surface area contributed by atoms with Gasteiger partial charge in [-0.05, 0) is 42.6 Å². The third-order valence-electron chi connectivity index (χ3n) is 5.82. The molecule has 0 saturated carbocycles. The van der Waals surface area contributed by atoms with Gasteiger partial charge in [0.05, 0.1) is 6.61 Å². The molecule has 162 valence electrons. The first-order chi connectivity index (χ1) is 14.8. The van der Waals surface area contributed by atoms with E-state index >= 15 is 0 Å². The molecule has 1 aliphatic heterocycles. The molecule has 1 heterocycles. The van der Waals surface area contributed by atoms with Crippen molar-refractivity contribution in [1.82, 2.24) is 15.5 Å². The number of rotatable bonds is 8. The average Bonchev–Trinajstić information content (AvgIpc) is 3.06. The van der Waals surface area contributed by atoms with E-state index in [1.807, 2.05) is 30.3 Å². The molecule has 5 nitrogen and oxygen atoms in total. The third kappa shape index (κ3) is 7.15. The van der Waals surface area contributed by atoms with Crippen LogP contribution in [0.5, 0.6) is 0 Å². The molecule has 30 heavy (non-hydrogen) atoms. The molecular formula is C25H36N4O. The summed E-state index contributed by atoms with van der Waals surface area (Å²) in [7, 11) is 1.77. The second-order valence-corrected chi connectivity index (χ2v) is 8.10. The van der Waals surface area contributed by atoms with Gasteiger partial charge in [0.15, 0.2) is 5.96 Å². The van der Waals surface area contributed by atoms with Gasteiger partial charge >= 0.3 is 0 Å². The standard InChI is InChI=1S/C25H36N4O/c1-26-25(28-18-24(20-30)23-9-5-4-6-10-23)27-17-21-11-13-22(14-12-21)19-29-15-7-2-3-8-16-29/h4-6,9-14,24,30H,2-3,7-8,15-20H2,1H3,(H2,26,27,28). The predicted octanol–water partition coefficient (Wildman–Crippen LogP) is 3.50. The topological polar surface area (TPSA) is 59.9 Å². The van der Waals surface area contributed by atoms with Crippen molar-refractivity contribution in [1.29, 1.82) is 0 Å². The molecule has 0 aromatic heterocycles. The van der Waals surface area contributed by atoms with Crippen molar-refractivity contribution in [3.05, 3.63) is 71.3 Å². The summed E-state index contributed by atoms with van der Waals surface area (Å²) in [6.07, 6.45) is 5.41. The molecule has 1 atom stereocenters. The van der Waals surface area contributed by atoms with E-state index < -0.39 is 0 Å². The van der Waals surface area contributed by atoms with E-state index in [9.17, 15) is 5.11 Å². The lowest BCUT2D eigenvalue weighted by atomic mass is 10.0. The number of aliphatic hydroxyl groups is 1. The number of aliphatic hydroxyl groups excluding tert-OH is 1. The number of hydrogen-bond donors (Lipinski definition) is 3. The maximum Gasteiger partial charge on any atom is 0.191 e. The first kappa shape index (κ1) is 22.3. The Hall–Kier alpha value is -2.37. The molecule has 0 spiro atoms. The van der Waals surface area contributed by atoms with Crippen molar-refractivity contribution in [2.75, 3.05) is 33.3 Å². The van der Waals surface area contributed by atoms with Gasteiger partial charge in [-0.3, -0.25) is 9.89 Å². The summed E-state index contributed by atoms with van der Waals surface area (Å²) in [6.45, 7) is 4.96. The second kappa shape index (κ2) is 12.4. The van der Waals surface area contributed by atoms with E-state index in [0.29, 0.717) is 6.54 Å². The molecule has 1 fully saturated rings. The van der Waals surface area contributed by atoms with Gasteiger partial charge in [0.2, 0.25) is 0 Å². The zero-order valence-electron chi connectivity index (χ0n) is 18.2. The Morgan fingerprint density at radius 1 is 0.933 bits per heavy atom. The first-order valence-corrected chi connectivity index (χ1v) is 11.2. The van der Waals surface area contributed by atoms with E-state index in [-0.39, 0.29) is 12.5 Å². The van der Waals surface area contributed by atoms with Crippen LogP contribution in [-0.4, -0.2) is 49.3 Å². The first-order valence-electron chi connectivity index (χ1n) is 11.2. The Morgan fingerprint density at radius 3 is 2.23 bits per heavy atom. The van der Waals surface area contributed by atoms with Gasteiger partial charge in [0.25, 0.3) is 0 Å². The van der Waals surface area contributed by atoms with Crippen LogP contribution < -0.4 is 10.6 Å². The molecule has 0 aliphatic carbocycles. The Balaban J connectivity index is 1.45. The number of nitrogens with zero attached hydrogens (tertiary/aromatic N) is 2. The van der Waals surface area contributed by atoms with Crippen LogP contribution in [0, 0.1) is 0 Å². The van der Waals surface area contributed by atoms with Crippen LogP contribution in [0.1, 0.15) is 48.3 Å². The molecule has 1 unspecified atom stereocenters. The number of likely N-dealkylation sites (tertiary alicyclic amines) is 1. The maximum atomic E-state index is 9.73. The van der Waals surface area contributed by atoms with Crippen LogP contribution in [0.25, 0.3) is 0 Å². The molecule has 1 aliphatic rings. The van der Waals surface area contributed by atoms with Crippen molar-refractivity contribution in [2.45, 2.75) is 44.7 Å². The third-order valence-corrected chi connectivity index (χ3v) is 5.82. The van der Waals surface area contributed by atoms with Crippen molar-refractivity contribution in [3.63, 3.8) is 0 Å². The van der Waals surface area contributed by atoms with Gasteiger partial charge in [0.1, 0.15) is 0 Å². The molecular weight excluding hydrogens is 372 g/mol. The Morgan fingerprint density at radius 2 is 1.60 bits per heavy atom. The monoisotopic (exact) mass is 408 g/mol. The van der Waals surface area contributed by atoms with E-state index in [2.05, 4.69) is 44.8 Å². The van der Waals surface area contributed by atoms with Crippen LogP contribution >= 0.6 is 0 Å². The number of guanidine groups is 1. The molecule has 0 radical (unpaired) electrons. The highest BCUT2D eigenvalue weighted by atomic mass is 16.3. The highest BCUT2D eigenvalue weighted by Gasteiger charge is 2.11. The summed E-state index contributed by atoms with van der Waals surface area (Å²) < 4.78 is 0. The zero-order valence-corrected chi connectivity index (χ0v) is 18.2. The zero-order chi connectivity index (χ0) is 21.0. The van der Waals surface area contributed by atoms with Gasteiger partial charge in [-0.2, -0.15) is 0 Å². The Bertz CT molecular complexity index is 752. The quantitative estimate of drug-likeness (QED) is 0.462. The highest BCUT2D eigenvalue weighted by molar-refractivity contribution is 5.79. The molecule has 0 amide bonds. The smallest absolute Gasteiger partial charge is 0.191 e. The lowest BCUT2D eigenvalue weighted by Crippen LogP contribution is -2.39. The molecule has 5 heteroatoms. The number of aliphatic imine (C=N–C) groups is 1. The van der Waals surface area contributed by atoms with Gasteiger partial charge in [0, 0.05) is 32.6 Å². The molecule has 3 N–H and O–H groups in total. The lowest BCUT2D eigenvalue weighted by Gasteiger charge is -2.20. The van der Waals surface area contributed by atoms with E-state index in [0.717, 1.165) is 24.6 Å². The Kier molecular flexibility index (Phi) is 9.19. The van der Waals surface area contributed by atoms with Crippen molar-refractivity contribution in [3.8, 4) is 0 Å². The van der Waals surface area contributed by atoms with Gasteiger partial charge < -0.3 is 15.7 Å². The fourth-order valence-corrected chi connectivity index (χ4v) is 3.95. The summed E-state index contributed by atoms with van der Waals surface area (Å²) in [5.41, 5.74) is 3.75. The fourth-order valence-electron chi connectivity index (χ4n) is 3.95. The normalized spacial score (nSPS) is 16.7. The van der Waals surface area contributed by atoms with Crippen LogP contribution in [-0.2, 0) is 13.1 Å². The molecule has 2 aromatic carbocycles. The fraction of sp³-hybridized carbons (Fsp3) is 0.480. The van der Waals surface area contributed by atoms with Crippen LogP contribution in [0.15, 0.2) is 59.6 Å². The van der Waals surface area contributed by atoms with E-state index in [4.69, 9.17) is 0 Å². The van der Waals surface area contributed by atoms with Crippen LogP contribution in [0.4, 0.5) is 0 Å². The summed E-state index contributed by atoms with van der Waals surface area (Å²) in [5.74, 6) is 0.793. The van der Waals surface area contributed by atoms with Gasteiger partial charge in [-0.25, -0.2) is 0 Å². The molecule has 3 rings (SSSR count). The number of benzene rings is 2. The lowest BCUT2D eigenvalue weighted by molar-refractivity contribution is 0.265. The second-order valence-electron chi connectivity index (χ2n) is 8.10. The van der Waals surface area contributed by atoms with Crippen LogP contribution in [0.3, 0.4) is 0 Å². The molecule has 2 aromatic rings. The van der Waals surface area contributed by atoms with Crippen molar-refractivity contribution in [2.24, 2.45) is 4.99 Å². The molecule has 0 bridgehead atoms.